The summed E-state index contributed by atoms with van der Waals surface area (Å²) < 4.78 is 44.7. The maximum absolute atomic E-state index is 13.3. The van der Waals surface area contributed by atoms with Crippen molar-refractivity contribution in [1.82, 2.24) is 15.6 Å². The van der Waals surface area contributed by atoms with Gasteiger partial charge >= 0.3 is 6.18 Å². The lowest BCUT2D eigenvalue weighted by Gasteiger charge is -2.16. The number of aliphatic imine (C=N–C) groups is 1. The van der Waals surface area contributed by atoms with Gasteiger partial charge in [0.2, 0.25) is 0 Å². The van der Waals surface area contributed by atoms with E-state index in [1.54, 1.807) is 18.4 Å². The Hall–Kier alpha value is -1.56. The Bertz CT molecular complexity index is 789. The van der Waals surface area contributed by atoms with E-state index in [0.29, 0.717) is 12.5 Å². The maximum Gasteiger partial charge on any atom is 0.416 e. The molecule has 0 unspecified atom stereocenters. The lowest BCUT2D eigenvalue weighted by molar-refractivity contribution is -0.138. The molecule has 0 saturated heterocycles. The van der Waals surface area contributed by atoms with Crippen LogP contribution in [0.15, 0.2) is 23.2 Å². The molecule has 0 saturated carbocycles. The van der Waals surface area contributed by atoms with Gasteiger partial charge in [0, 0.05) is 31.4 Å². The summed E-state index contributed by atoms with van der Waals surface area (Å²) in [6, 6.07) is 3.92. The molecule has 1 aromatic heterocycles. The van der Waals surface area contributed by atoms with E-state index in [2.05, 4.69) is 20.6 Å². The van der Waals surface area contributed by atoms with Crippen molar-refractivity contribution in [2.45, 2.75) is 33.0 Å². The molecular formula is C18H24F3IN4OS. The highest BCUT2D eigenvalue weighted by Crippen LogP contribution is 2.34. The number of benzene rings is 1. The van der Waals surface area contributed by atoms with E-state index in [-0.39, 0.29) is 41.8 Å². The van der Waals surface area contributed by atoms with E-state index in [0.717, 1.165) is 23.2 Å². The highest BCUT2D eigenvalue weighted by atomic mass is 127. The lowest BCUT2D eigenvalue weighted by atomic mass is 10.1. The summed E-state index contributed by atoms with van der Waals surface area (Å²) in [6.45, 7) is 4.57. The first kappa shape index (κ1) is 24.5. The molecule has 5 nitrogen and oxygen atoms in total. The Kier molecular flexibility index (Phi) is 9.48. The molecule has 0 aliphatic heterocycles. The van der Waals surface area contributed by atoms with E-state index in [4.69, 9.17) is 4.74 Å². The Labute approximate surface area is 183 Å². The number of hydrogen-bond acceptors (Lipinski definition) is 4. The molecular weight excluding hydrogens is 504 g/mol. The molecule has 2 aromatic rings. The number of thiazole rings is 1. The maximum atomic E-state index is 13.3. The van der Waals surface area contributed by atoms with Gasteiger partial charge in [-0.2, -0.15) is 13.2 Å². The highest BCUT2D eigenvalue weighted by molar-refractivity contribution is 14.0. The molecule has 0 aliphatic carbocycles. The first-order valence-electron chi connectivity index (χ1n) is 8.36. The van der Waals surface area contributed by atoms with E-state index in [1.807, 2.05) is 13.8 Å². The topological polar surface area (TPSA) is 58.5 Å². The Morgan fingerprint density at radius 1 is 1.25 bits per heavy atom. The number of aryl methyl sites for hydroxylation is 2. The van der Waals surface area contributed by atoms with Crippen LogP contribution in [0.3, 0.4) is 0 Å². The monoisotopic (exact) mass is 528 g/mol. The molecule has 0 spiro atoms. The van der Waals surface area contributed by atoms with E-state index >= 15 is 0 Å². The molecule has 0 radical (unpaired) electrons. The molecule has 1 heterocycles. The summed E-state index contributed by atoms with van der Waals surface area (Å²) in [5, 5.41) is 7.03. The van der Waals surface area contributed by atoms with Crippen LogP contribution in [-0.2, 0) is 19.1 Å². The summed E-state index contributed by atoms with van der Waals surface area (Å²) in [5.74, 6) is 0.603. The standard InChI is InChI=1S/C18H23F3N4OS.HI/c1-11-12(2)27-16(25-11)7-8-23-17(22-3)24-10-13-5-6-14(26-4)9-15(13)18(19,20)21;/h5-6,9H,7-8,10H2,1-4H3,(H2,22,23,24);1H. The summed E-state index contributed by atoms with van der Waals surface area (Å²) >= 11 is 1.64. The lowest BCUT2D eigenvalue weighted by Crippen LogP contribution is -2.38. The molecule has 10 heteroatoms. The normalized spacial score (nSPS) is 11.8. The van der Waals surface area contributed by atoms with Crippen LogP contribution in [0.1, 0.15) is 26.7 Å². The number of halogens is 4. The van der Waals surface area contributed by atoms with Crippen LogP contribution in [0.2, 0.25) is 0 Å². The zero-order valence-electron chi connectivity index (χ0n) is 16.1. The van der Waals surface area contributed by atoms with Crippen LogP contribution < -0.4 is 15.4 Å². The number of nitrogens with one attached hydrogen (secondary N) is 2. The second-order valence-corrected chi connectivity index (χ2v) is 7.16. The molecule has 0 aliphatic rings. The number of alkyl halides is 3. The predicted octanol–water partition coefficient (Wildman–Crippen LogP) is 4.31. The molecule has 0 atom stereocenters. The molecule has 156 valence electrons. The van der Waals surface area contributed by atoms with Crippen molar-refractivity contribution in [3.8, 4) is 5.75 Å². The first-order valence-corrected chi connectivity index (χ1v) is 9.17. The minimum Gasteiger partial charge on any atom is -0.497 e. The second kappa shape index (κ2) is 10.8. The summed E-state index contributed by atoms with van der Waals surface area (Å²) in [6.07, 6.45) is -3.74. The van der Waals surface area contributed by atoms with Gasteiger partial charge in [0.15, 0.2) is 5.96 Å². The third kappa shape index (κ3) is 6.80. The van der Waals surface area contributed by atoms with Gasteiger partial charge in [0.1, 0.15) is 5.75 Å². The zero-order valence-corrected chi connectivity index (χ0v) is 19.3. The minimum absolute atomic E-state index is 0. The quantitative estimate of drug-likeness (QED) is 0.334. The molecule has 28 heavy (non-hydrogen) atoms. The average Bonchev–Trinajstić information content (AvgIpc) is 2.94. The number of hydrogen-bond donors (Lipinski definition) is 2. The van der Waals surface area contributed by atoms with Crippen LogP contribution in [0.25, 0.3) is 0 Å². The van der Waals surface area contributed by atoms with Crippen molar-refractivity contribution in [3.05, 3.63) is 44.9 Å². The van der Waals surface area contributed by atoms with E-state index in [9.17, 15) is 13.2 Å². The minimum atomic E-state index is -4.46. The van der Waals surface area contributed by atoms with Crippen molar-refractivity contribution in [1.29, 1.82) is 0 Å². The van der Waals surface area contributed by atoms with Gasteiger partial charge in [0.05, 0.1) is 23.4 Å². The third-order valence-electron chi connectivity index (χ3n) is 4.00. The number of ether oxygens (including phenoxy) is 1. The van der Waals surface area contributed by atoms with Gasteiger partial charge in [-0.15, -0.1) is 35.3 Å². The average molecular weight is 528 g/mol. The van der Waals surface area contributed by atoms with Crippen molar-refractivity contribution >= 4 is 41.3 Å². The molecule has 0 bridgehead atoms. The van der Waals surface area contributed by atoms with Crippen LogP contribution in [-0.4, -0.2) is 31.6 Å². The summed E-state index contributed by atoms with van der Waals surface area (Å²) in [7, 11) is 2.91. The zero-order chi connectivity index (χ0) is 20.0. The Morgan fingerprint density at radius 3 is 2.50 bits per heavy atom. The molecule has 2 N–H and O–H groups in total. The number of methoxy groups -OCH3 is 1. The van der Waals surface area contributed by atoms with Gasteiger partial charge in [-0.3, -0.25) is 4.99 Å². The van der Waals surface area contributed by atoms with Crippen LogP contribution >= 0.6 is 35.3 Å². The van der Waals surface area contributed by atoms with Crippen molar-refractivity contribution < 1.29 is 17.9 Å². The van der Waals surface area contributed by atoms with Gasteiger partial charge in [-0.1, -0.05) is 6.07 Å². The number of rotatable bonds is 6. The number of nitrogens with zero attached hydrogens (tertiary/aromatic N) is 2. The SMILES string of the molecule is CN=C(NCCc1nc(C)c(C)s1)NCc1ccc(OC)cc1C(F)(F)F.I. The summed E-state index contributed by atoms with van der Waals surface area (Å²) in [4.78, 5) is 9.70. The highest BCUT2D eigenvalue weighted by Gasteiger charge is 2.33. The van der Waals surface area contributed by atoms with Crippen LogP contribution in [0, 0.1) is 13.8 Å². The third-order valence-corrected chi connectivity index (χ3v) is 5.13. The fourth-order valence-electron chi connectivity index (χ4n) is 2.43. The smallest absolute Gasteiger partial charge is 0.416 e. The van der Waals surface area contributed by atoms with Gasteiger partial charge in [-0.25, -0.2) is 4.98 Å². The van der Waals surface area contributed by atoms with Crippen molar-refractivity contribution in [2.75, 3.05) is 20.7 Å². The van der Waals surface area contributed by atoms with Crippen molar-refractivity contribution in [2.24, 2.45) is 4.99 Å². The predicted molar refractivity (Wildman–Crippen MR) is 117 cm³/mol. The van der Waals surface area contributed by atoms with Gasteiger partial charge < -0.3 is 15.4 Å². The number of aromatic nitrogens is 1. The van der Waals surface area contributed by atoms with Crippen LogP contribution in [0.5, 0.6) is 5.75 Å². The molecule has 0 fully saturated rings. The molecule has 2 rings (SSSR count). The van der Waals surface area contributed by atoms with Crippen molar-refractivity contribution in [3.63, 3.8) is 0 Å². The Balaban J connectivity index is 0.00000392. The molecule has 0 amide bonds. The largest absolute Gasteiger partial charge is 0.497 e. The Morgan fingerprint density at radius 2 is 1.96 bits per heavy atom. The number of guanidine groups is 1. The summed E-state index contributed by atoms with van der Waals surface area (Å²) in [5.41, 5.74) is 0.424. The van der Waals surface area contributed by atoms with Gasteiger partial charge in [0.25, 0.3) is 0 Å². The second-order valence-electron chi connectivity index (χ2n) is 5.87. The van der Waals surface area contributed by atoms with E-state index < -0.39 is 11.7 Å². The van der Waals surface area contributed by atoms with E-state index in [1.165, 1.54) is 24.1 Å². The fourth-order valence-corrected chi connectivity index (χ4v) is 3.37. The van der Waals surface area contributed by atoms with Crippen LogP contribution in [0.4, 0.5) is 13.2 Å². The molecule has 1 aromatic carbocycles. The fraction of sp³-hybridized carbons (Fsp3) is 0.444. The van der Waals surface area contributed by atoms with Gasteiger partial charge in [-0.05, 0) is 31.5 Å². The first-order chi connectivity index (χ1) is 12.7.